The highest BCUT2D eigenvalue weighted by molar-refractivity contribution is 5.81. The molecule has 1 heterocycles. The molecule has 1 saturated heterocycles. The predicted molar refractivity (Wildman–Crippen MR) is 105 cm³/mol. The van der Waals surface area contributed by atoms with E-state index in [0.717, 1.165) is 25.5 Å². The van der Waals surface area contributed by atoms with Gasteiger partial charge in [0, 0.05) is 12.7 Å². The number of hydrogen-bond donors (Lipinski definition) is 0. The molecule has 0 spiro atoms. The molecule has 1 aliphatic rings. The molecule has 0 bridgehead atoms. The number of carbonyl (C=O) groups is 1. The number of hydrogen-bond acceptors (Lipinski definition) is 9. The van der Waals surface area contributed by atoms with Crippen molar-refractivity contribution >= 4 is 5.97 Å². The lowest BCUT2D eigenvalue weighted by Gasteiger charge is -2.22. The average molecular weight is 420 g/mol. The summed E-state index contributed by atoms with van der Waals surface area (Å²) in [4.78, 5) is 10.8. The van der Waals surface area contributed by atoms with Crippen LogP contribution in [-0.2, 0) is 42.7 Å². The molecule has 0 saturated carbocycles. The van der Waals surface area contributed by atoms with E-state index in [-0.39, 0.29) is 12.9 Å². The van der Waals surface area contributed by atoms with E-state index in [0.29, 0.717) is 72.7 Å². The van der Waals surface area contributed by atoms with Gasteiger partial charge in [-0.15, -0.1) is 0 Å². The summed E-state index contributed by atoms with van der Waals surface area (Å²) in [6.07, 6.45) is 4.31. The quantitative estimate of drug-likeness (QED) is 0.164. The zero-order chi connectivity index (χ0) is 20.8. The molecule has 1 fully saturated rings. The summed E-state index contributed by atoms with van der Waals surface area (Å²) < 4.78 is 42.7. The van der Waals surface area contributed by atoms with E-state index in [4.69, 9.17) is 37.9 Å². The van der Waals surface area contributed by atoms with Crippen molar-refractivity contribution in [2.75, 3.05) is 85.9 Å². The maximum absolute atomic E-state index is 10.8. The summed E-state index contributed by atoms with van der Waals surface area (Å²) in [5.74, 6) is -0.450. The summed E-state index contributed by atoms with van der Waals surface area (Å²) in [5, 5.41) is 0. The molecule has 1 aliphatic heterocycles. The molecule has 0 aliphatic carbocycles. The maximum atomic E-state index is 10.8. The summed E-state index contributed by atoms with van der Waals surface area (Å²) in [5.41, 5.74) is 0. The standard InChI is InChI=1S/C20H36O9/c1-2-19(21)27-17-15-25-13-11-23-9-7-22-8-10-24-12-14-26-16-18-29-20-5-3-4-6-28-20/h2,20H,1,3-18H2. The minimum absolute atomic E-state index is 0.0637. The molecule has 0 radical (unpaired) electrons. The topological polar surface area (TPSA) is 90.9 Å². The number of carbonyl (C=O) groups excluding carboxylic acids is 1. The SMILES string of the molecule is C=CC(=O)OCCOCCOCCOCCOCCOCCOC1CCCCO1. The Labute approximate surface area is 173 Å². The third-order valence-corrected chi connectivity index (χ3v) is 3.80. The Morgan fingerprint density at radius 1 is 0.759 bits per heavy atom. The van der Waals surface area contributed by atoms with E-state index in [1.54, 1.807) is 0 Å². The van der Waals surface area contributed by atoms with Gasteiger partial charge in [-0.3, -0.25) is 0 Å². The highest BCUT2D eigenvalue weighted by atomic mass is 16.7. The van der Waals surface area contributed by atoms with Crippen molar-refractivity contribution < 1.29 is 42.7 Å². The van der Waals surface area contributed by atoms with E-state index >= 15 is 0 Å². The van der Waals surface area contributed by atoms with Crippen molar-refractivity contribution in [1.29, 1.82) is 0 Å². The fraction of sp³-hybridized carbons (Fsp3) is 0.850. The first kappa shape index (κ1) is 26.0. The first-order valence-electron chi connectivity index (χ1n) is 10.2. The van der Waals surface area contributed by atoms with Crippen molar-refractivity contribution in [3.63, 3.8) is 0 Å². The maximum Gasteiger partial charge on any atom is 0.330 e. The molecule has 1 unspecified atom stereocenters. The molecule has 9 heteroatoms. The van der Waals surface area contributed by atoms with Crippen molar-refractivity contribution in [2.24, 2.45) is 0 Å². The number of ether oxygens (including phenoxy) is 8. The molecule has 29 heavy (non-hydrogen) atoms. The van der Waals surface area contributed by atoms with Crippen LogP contribution in [0.15, 0.2) is 12.7 Å². The Morgan fingerprint density at radius 2 is 1.24 bits per heavy atom. The first-order chi connectivity index (χ1) is 14.3. The van der Waals surface area contributed by atoms with Crippen molar-refractivity contribution in [3.8, 4) is 0 Å². The molecule has 0 aromatic carbocycles. The van der Waals surface area contributed by atoms with Gasteiger partial charge < -0.3 is 37.9 Å². The van der Waals surface area contributed by atoms with Gasteiger partial charge in [-0.05, 0) is 19.3 Å². The van der Waals surface area contributed by atoms with Gasteiger partial charge in [0.05, 0.1) is 72.7 Å². The summed E-state index contributed by atoms with van der Waals surface area (Å²) in [7, 11) is 0. The third kappa shape index (κ3) is 17.5. The van der Waals surface area contributed by atoms with Crippen LogP contribution in [0.2, 0.25) is 0 Å². The number of rotatable bonds is 20. The molecular formula is C20H36O9. The van der Waals surface area contributed by atoms with Gasteiger partial charge in [0.15, 0.2) is 6.29 Å². The Balaban J connectivity index is 1.66. The van der Waals surface area contributed by atoms with E-state index in [1.165, 1.54) is 6.42 Å². The second-order valence-corrected chi connectivity index (χ2v) is 6.10. The van der Waals surface area contributed by atoms with E-state index in [1.807, 2.05) is 0 Å². The summed E-state index contributed by atoms with van der Waals surface area (Å²) >= 11 is 0. The zero-order valence-corrected chi connectivity index (χ0v) is 17.3. The molecule has 1 atom stereocenters. The van der Waals surface area contributed by atoms with Crippen molar-refractivity contribution in [1.82, 2.24) is 0 Å². The van der Waals surface area contributed by atoms with Crippen LogP contribution in [0.5, 0.6) is 0 Å². The van der Waals surface area contributed by atoms with E-state index in [9.17, 15) is 4.79 Å². The van der Waals surface area contributed by atoms with Crippen LogP contribution in [0, 0.1) is 0 Å². The van der Waals surface area contributed by atoms with Gasteiger partial charge in [0.1, 0.15) is 6.61 Å². The van der Waals surface area contributed by atoms with E-state index < -0.39 is 5.97 Å². The highest BCUT2D eigenvalue weighted by Crippen LogP contribution is 2.13. The fourth-order valence-electron chi connectivity index (χ4n) is 2.32. The predicted octanol–water partition coefficient (Wildman–Crippen LogP) is 1.34. The Kier molecular flexibility index (Phi) is 18.1. The smallest absolute Gasteiger partial charge is 0.330 e. The van der Waals surface area contributed by atoms with Crippen molar-refractivity contribution in [3.05, 3.63) is 12.7 Å². The minimum Gasteiger partial charge on any atom is -0.460 e. The highest BCUT2D eigenvalue weighted by Gasteiger charge is 2.13. The van der Waals surface area contributed by atoms with Crippen LogP contribution in [0.3, 0.4) is 0 Å². The molecule has 0 amide bonds. The van der Waals surface area contributed by atoms with Crippen LogP contribution < -0.4 is 0 Å². The van der Waals surface area contributed by atoms with Crippen molar-refractivity contribution in [2.45, 2.75) is 25.6 Å². The molecule has 1 rings (SSSR count). The first-order valence-corrected chi connectivity index (χ1v) is 10.2. The molecule has 9 nitrogen and oxygen atoms in total. The van der Waals surface area contributed by atoms with Gasteiger partial charge in [-0.2, -0.15) is 0 Å². The molecule has 0 N–H and O–H groups in total. The van der Waals surface area contributed by atoms with Crippen LogP contribution in [0.4, 0.5) is 0 Å². The average Bonchev–Trinajstić information content (AvgIpc) is 2.75. The Morgan fingerprint density at radius 3 is 1.69 bits per heavy atom. The normalized spacial score (nSPS) is 16.6. The Bertz CT molecular complexity index is 386. The van der Waals surface area contributed by atoms with Crippen LogP contribution in [0.25, 0.3) is 0 Å². The van der Waals surface area contributed by atoms with Crippen LogP contribution in [0.1, 0.15) is 19.3 Å². The lowest BCUT2D eigenvalue weighted by atomic mass is 10.2. The fourth-order valence-corrected chi connectivity index (χ4v) is 2.32. The molecule has 0 aromatic rings. The second kappa shape index (κ2) is 20.2. The second-order valence-electron chi connectivity index (χ2n) is 6.10. The van der Waals surface area contributed by atoms with Crippen LogP contribution >= 0.6 is 0 Å². The van der Waals surface area contributed by atoms with Gasteiger partial charge in [-0.1, -0.05) is 6.58 Å². The summed E-state index contributed by atoms with van der Waals surface area (Å²) in [6, 6.07) is 0. The van der Waals surface area contributed by atoms with Gasteiger partial charge in [0.25, 0.3) is 0 Å². The van der Waals surface area contributed by atoms with Gasteiger partial charge >= 0.3 is 5.97 Å². The van der Waals surface area contributed by atoms with E-state index in [2.05, 4.69) is 6.58 Å². The van der Waals surface area contributed by atoms with Gasteiger partial charge in [-0.25, -0.2) is 4.79 Å². The Hall–Kier alpha value is -1.07. The summed E-state index contributed by atoms with van der Waals surface area (Å²) in [6.45, 7) is 9.70. The molecule has 0 aromatic heterocycles. The largest absolute Gasteiger partial charge is 0.460 e. The monoisotopic (exact) mass is 420 g/mol. The zero-order valence-electron chi connectivity index (χ0n) is 17.3. The van der Waals surface area contributed by atoms with Gasteiger partial charge in [0.2, 0.25) is 0 Å². The molecule has 170 valence electrons. The van der Waals surface area contributed by atoms with Crippen LogP contribution in [-0.4, -0.2) is 98.1 Å². The number of esters is 1. The third-order valence-electron chi connectivity index (χ3n) is 3.80. The molecular weight excluding hydrogens is 384 g/mol. The minimum atomic E-state index is -0.450. The lowest BCUT2D eigenvalue weighted by Crippen LogP contribution is -2.24. The lowest BCUT2D eigenvalue weighted by molar-refractivity contribution is -0.169.